The predicted octanol–water partition coefficient (Wildman–Crippen LogP) is 1.60. The number of sulfonamides is 1. The van der Waals surface area contributed by atoms with E-state index in [0.29, 0.717) is 0 Å². The molecule has 0 saturated carbocycles. The molecule has 0 amide bonds. The second-order valence-electron chi connectivity index (χ2n) is 3.81. The van der Waals surface area contributed by atoms with Crippen LogP contribution in [0.5, 0.6) is 0 Å². The normalized spacial score (nSPS) is 11.8. The van der Waals surface area contributed by atoms with Crippen molar-refractivity contribution in [3.8, 4) is 0 Å². The number of aromatic carboxylic acids is 1. The van der Waals surface area contributed by atoms with E-state index in [1.807, 2.05) is 0 Å². The van der Waals surface area contributed by atoms with Crippen LogP contribution in [0.1, 0.15) is 10.4 Å². The highest BCUT2D eigenvalue weighted by Crippen LogP contribution is 2.22. The fourth-order valence-corrected chi connectivity index (χ4v) is 2.88. The number of nitrogens with one attached hydrogen (secondary N) is 1. The second kappa shape index (κ2) is 7.64. The van der Waals surface area contributed by atoms with Crippen LogP contribution in [0.4, 0.5) is 8.78 Å². The van der Waals surface area contributed by atoms with E-state index < -0.39 is 33.9 Å². The molecule has 1 aromatic rings. The van der Waals surface area contributed by atoms with Gasteiger partial charge in [0.25, 0.3) is 6.43 Å². The van der Waals surface area contributed by atoms with Crippen molar-refractivity contribution in [3.63, 3.8) is 0 Å². The molecule has 2 N–H and O–H groups in total. The van der Waals surface area contributed by atoms with Crippen LogP contribution in [0.3, 0.4) is 0 Å². The molecule has 0 unspecified atom stereocenters. The summed E-state index contributed by atoms with van der Waals surface area (Å²) in [5.41, 5.74) is -0.242. The molecule has 1 rings (SSSR count). The first-order valence-electron chi connectivity index (χ1n) is 5.62. The zero-order valence-electron chi connectivity index (χ0n) is 10.6. The number of hydrogen-bond donors (Lipinski definition) is 2. The predicted molar refractivity (Wildman–Crippen MR) is 70.4 cm³/mol. The molecule has 21 heavy (non-hydrogen) atoms. The van der Waals surface area contributed by atoms with Crippen molar-refractivity contribution in [1.29, 1.82) is 0 Å². The molecule has 10 heteroatoms. The molecule has 6 nitrogen and oxygen atoms in total. The van der Waals surface area contributed by atoms with Gasteiger partial charge in [-0.05, 0) is 18.2 Å². The third kappa shape index (κ3) is 5.54. The minimum absolute atomic E-state index is 0.152. The van der Waals surface area contributed by atoms with E-state index in [0.717, 1.165) is 18.2 Å². The summed E-state index contributed by atoms with van der Waals surface area (Å²) in [5, 5.41) is 8.66. The van der Waals surface area contributed by atoms with Gasteiger partial charge in [-0.15, -0.1) is 0 Å². The summed E-state index contributed by atoms with van der Waals surface area (Å²) in [6.07, 6.45) is -2.64. The molecule has 0 bridgehead atoms. The first-order valence-corrected chi connectivity index (χ1v) is 7.48. The van der Waals surface area contributed by atoms with Gasteiger partial charge in [-0.2, -0.15) is 0 Å². The van der Waals surface area contributed by atoms with Crippen LogP contribution in [0.2, 0.25) is 5.02 Å². The van der Waals surface area contributed by atoms with E-state index >= 15 is 0 Å². The number of carbonyl (C=O) groups is 1. The third-order valence-corrected chi connectivity index (χ3v) is 4.19. The Morgan fingerprint density at radius 2 is 2.10 bits per heavy atom. The molecule has 0 aliphatic carbocycles. The largest absolute Gasteiger partial charge is 0.478 e. The van der Waals surface area contributed by atoms with Crippen molar-refractivity contribution in [1.82, 2.24) is 4.72 Å². The zero-order valence-corrected chi connectivity index (χ0v) is 12.1. The maximum absolute atomic E-state index is 11.9. The van der Waals surface area contributed by atoms with E-state index in [-0.39, 0.29) is 23.7 Å². The van der Waals surface area contributed by atoms with E-state index in [4.69, 9.17) is 16.7 Å². The van der Waals surface area contributed by atoms with Gasteiger partial charge >= 0.3 is 5.97 Å². The molecule has 118 valence electrons. The monoisotopic (exact) mass is 343 g/mol. The Bertz CT molecular complexity index is 609. The summed E-state index contributed by atoms with van der Waals surface area (Å²) in [7, 11) is -4.06. The smallest absolute Gasteiger partial charge is 0.335 e. The minimum Gasteiger partial charge on any atom is -0.478 e. The average Bonchev–Trinajstić information content (AvgIpc) is 2.37. The Hall–Kier alpha value is -1.29. The van der Waals surface area contributed by atoms with Crippen molar-refractivity contribution < 1.29 is 31.8 Å². The molecule has 0 heterocycles. The standard InChI is InChI=1S/C11H12ClF2NO5S/c12-8-2-1-7(11(16)17)5-9(8)21(18,19)15-3-4-20-6-10(13)14/h1-2,5,10,15H,3-4,6H2,(H,16,17). The van der Waals surface area contributed by atoms with Gasteiger partial charge in [-0.1, -0.05) is 11.6 Å². The molecular weight excluding hydrogens is 332 g/mol. The fourth-order valence-electron chi connectivity index (χ4n) is 1.34. The van der Waals surface area contributed by atoms with Gasteiger partial charge in [0.15, 0.2) is 0 Å². The van der Waals surface area contributed by atoms with Crippen LogP contribution in [-0.4, -0.2) is 45.7 Å². The van der Waals surface area contributed by atoms with Gasteiger partial charge in [0.05, 0.1) is 17.2 Å². The maximum atomic E-state index is 11.9. The number of alkyl halides is 2. The SMILES string of the molecule is O=C(O)c1ccc(Cl)c(S(=O)(=O)NCCOCC(F)F)c1. The maximum Gasteiger partial charge on any atom is 0.335 e. The minimum atomic E-state index is -4.06. The molecule has 0 atom stereocenters. The van der Waals surface area contributed by atoms with Crippen molar-refractivity contribution >= 4 is 27.6 Å². The van der Waals surface area contributed by atoms with E-state index in [1.165, 1.54) is 0 Å². The third-order valence-electron chi connectivity index (χ3n) is 2.25. The van der Waals surface area contributed by atoms with Crippen LogP contribution in [-0.2, 0) is 14.8 Å². The molecular formula is C11H12ClF2NO5S. The van der Waals surface area contributed by atoms with Crippen molar-refractivity contribution in [3.05, 3.63) is 28.8 Å². The highest BCUT2D eigenvalue weighted by atomic mass is 35.5. The Morgan fingerprint density at radius 3 is 2.67 bits per heavy atom. The number of carboxylic acids is 1. The van der Waals surface area contributed by atoms with Crippen molar-refractivity contribution in [2.45, 2.75) is 11.3 Å². The van der Waals surface area contributed by atoms with E-state index in [2.05, 4.69) is 9.46 Å². The molecule has 0 fully saturated rings. The van der Waals surface area contributed by atoms with Gasteiger partial charge in [0.2, 0.25) is 10.0 Å². The van der Waals surface area contributed by atoms with Gasteiger partial charge < -0.3 is 9.84 Å². The molecule has 1 aromatic carbocycles. The average molecular weight is 344 g/mol. The Morgan fingerprint density at radius 1 is 1.43 bits per heavy atom. The molecule has 0 radical (unpaired) electrons. The number of halogens is 3. The molecule has 0 aliphatic heterocycles. The van der Waals surface area contributed by atoms with Crippen LogP contribution in [0.25, 0.3) is 0 Å². The summed E-state index contributed by atoms with van der Waals surface area (Å²) in [4.78, 5) is 10.4. The van der Waals surface area contributed by atoms with Crippen LogP contribution in [0.15, 0.2) is 23.1 Å². The number of rotatable bonds is 8. The second-order valence-corrected chi connectivity index (χ2v) is 5.96. The molecule has 0 saturated heterocycles. The Kier molecular flexibility index (Phi) is 6.46. The summed E-state index contributed by atoms with van der Waals surface area (Å²) in [6.45, 7) is -1.29. The number of ether oxygens (including phenoxy) is 1. The lowest BCUT2D eigenvalue weighted by atomic mass is 10.2. The summed E-state index contributed by atoms with van der Waals surface area (Å²) < 4.78 is 54.1. The van der Waals surface area contributed by atoms with Crippen LogP contribution < -0.4 is 4.72 Å². The number of hydrogen-bond acceptors (Lipinski definition) is 4. The number of carboxylic acid groups (broad SMARTS) is 1. The lowest BCUT2D eigenvalue weighted by Gasteiger charge is -2.09. The summed E-state index contributed by atoms with van der Waals surface area (Å²) in [5.74, 6) is -1.30. The topological polar surface area (TPSA) is 92.7 Å². The van der Waals surface area contributed by atoms with Crippen LogP contribution >= 0.6 is 11.6 Å². The first kappa shape index (κ1) is 17.8. The summed E-state index contributed by atoms with van der Waals surface area (Å²) >= 11 is 5.72. The van der Waals surface area contributed by atoms with Crippen LogP contribution in [0, 0.1) is 0 Å². The highest BCUT2D eigenvalue weighted by Gasteiger charge is 2.19. The summed E-state index contributed by atoms with van der Waals surface area (Å²) in [6, 6.07) is 3.22. The van der Waals surface area contributed by atoms with E-state index in [9.17, 15) is 22.0 Å². The lowest BCUT2D eigenvalue weighted by molar-refractivity contribution is 0.0199. The molecule has 0 aromatic heterocycles. The van der Waals surface area contributed by atoms with E-state index in [1.54, 1.807) is 0 Å². The van der Waals surface area contributed by atoms with Crippen molar-refractivity contribution in [2.24, 2.45) is 0 Å². The fraction of sp³-hybridized carbons (Fsp3) is 0.364. The highest BCUT2D eigenvalue weighted by molar-refractivity contribution is 7.89. The number of benzene rings is 1. The van der Waals surface area contributed by atoms with Gasteiger partial charge in [-0.25, -0.2) is 26.7 Å². The van der Waals surface area contributed by atoms with Crippen molar-refractivity contribution in [2.75, 3.05) is 19.8 Å². The van der Waals surface area contributed by atoms with Gasteiger partial charge in [0, 0.05) is 6.54 Å². The molecule has 0 aliphatic rings. The zero-order chi connectivity index (χ0) is 16.0. The Balaban J connectivity index is 2.74. The van der Waals surface area contributed by atoms with Gasteiger partial charge in [-0.3, -0.25) is 0 Å². The quantitative estimate of drug-likeness (QED) is 0.699. The van der Waals surface area contributed by atoms with Gasteiger partial charge in [0.1, 0.15) is 11.5 Å². The Labute approximate surface area is 124 Å². The first-order chi connectivity index (χ1) is 9.74. The lowest BCUT2D eigenvalue weighted by Crippen LogP contribution is -2.28. The molecule has 0 spiro atoms.